The minimum atomic E-state index is -1.03. The molecular formula is C23H23N3O4. The highest BCUT2D eigenvalue weighted by atomic mass is 16.5. The minimum absolute atomic E-state index is 0.314. The Morgan fingerprint density at radius 3 is 2.37 bits per heavy atom. The second kappa shape index (κ2) is 9.09. The van der Waals surface area contributed by atoms with Gasteiger partial charge in [0.15, 0.2) is 6.10 Å². The lowest BCUT2D eigenvalue weighted by Crippen LogP contribution is -2.22. The zero-order valence-corrected chi connectivity index (χ0v) is 17.0. The first-order valence-corrected chi connectivity index (χ1v) is 9.43. The predicted molar refractivity (Wildman–Crippen MR) is 114 cm³/mol. The molecule has 7 heteroatoms. The number of carbonyl (C=O) groups is 2. The summed E-state index contributed by atoms with van der Waals surface area (Å²) in [4.78, 5) is 23.3. The van der Waals surface area contributed by atoms with Crippen LogP contribution in [0.25, 0.3) is 5.69 Å². The highest BCUT2D eigenvalue weighted by Gasteiger charge is 2.12. The van der Waals surface area contributed by atoms with Crippen molar-refractivity contribution in [2.45, 2.75) is 26.9 Å². The van der Waals surface area contributed by atoms with E-state index in [1.165, 1.54) is 13.1 Å². The molecule has 0 saturated heterocycles. The molecule has 1 heterocycles. The molecule has 1 amide bonds. The molecule has 154 valence electrons. The van der Waals surface area contributed by atoms with E-state index in [4.69, 9.17) is 9.84 Å². The molecule has 0 aliphatic carbocycles. The highest BCUT2D eigenvalue weighted by molar-refractivity contribution is 5.95. The van der Waals surface area contributed by atoms with Crippen LogP contribution in [0.3, 0.4) is 0 Å². The number of carbonyl (C=O) groups excluding carboxylic acids is 1. The van der Waals surface area contributed by atoms with E-state index < -0.39 is 12.1 Å². The van der Waals surface area contributed by atoms with E-state index >= 15 is 0 Å². The van der Waals surface area contributed by atoms with Gasteiger partial charge in [0, 0.05) is 22.6 Å². The molecule has 0 fully saturated rings. The fourth-order valence-electron chi connectivity index (χ4n) is 2.98. The summed E-state index contributed by atoms with van der Waals surface area (Å²) < 4.78 is 7.35. The van der Waals surface area contributed by atoms with E-state index in [2.05, 4.69) is 15.1 Å². The van der Waals surface area contributed by atoms with Crippen LogP contribution in [0, 0.1) is 13.8 Å². The van der Waals surface area contributed by atoms with E-state index in [1.807, 2.05) is 44.2 Å². The number of hydrazone groups is 1. The van der Waals surface area contributed by atoms with Crippen molar-refractivity contribution in [3.8, 4) is 11.4 Å². The van der Waals surface area contributed by atoms with Crippen molar-refractivity contribution in [1.29, 1.82) is 0 Å². The van der Waals surface area contributed by atoms with Gasteiger partial charge in [0.1, 0.15) is 5.75 Å². The van der Waals surface area contributed by atoms with Gasteiger partial charge in [0.05, 0.1) is 6.21 Å². The van der Waals surface area contributed by atoms with Crippen LogP contribution >= 0.6 is 0 Å². The van der Waals surface area contributed by atoms with Gasteiger partial charge < -0.3 is 14.4 Å². The van der Waals surface area contributed by atoms with E-state index in [-0.39, 0.29) is 5.91 Å². The fourth-order valence-corrected chi connectivity index (χ4v) is 2.98. The molecule has 30 heavy (non-hydrogen) atoms. The molecule has 3 aromatic rings. The van der Waals surface area contributed by atoms with Crippen molar-refractivity contribution in [1.82, 2.24) is 9.99 Å². The topological polar surface area (TPSA) is 92.9 Å². The smallest absolute Gasteiger partial charge is 0.344 e. The first-order chi connectivity index (χ1) is 14.3. The van der Waals surface area contributed by atoms with Gasteiger partial charge >= 0.3 is 5.97 Å². The molecule has 1 atom stereocenters. The molecule has 0 saturated carbocycles. The Labute approximate surface area is 174 Å². The molecule has 0 spiro atoms. The van der Waals surface area contributed by atoms with Gasteiger partial charge in [0.25, 0.3) is 5.91 Å². The molecule has 7 nitrogen and oxygen atoms in total. The van der Waals surface area contributed by atoms with E-state index in [0.29, 0.717) is 11.3 Å². The maximum atomic E-state index is 12.5. The third-order valence-corrected chi connectivity index (χ3v) is 4.56. The predicted octanol–water partition coefficient (Wildman–Crippen LogP) is 3.71. The summed E-state index contributed by atoms with van der Waals surface area (Å²) in [6.07, 6.45) is 0.575. The van der Waals surface area contributed by atoms with Crippen LogP contribution in [0.15, 0.2) is 65.8 Å². The van der Waals surface area contributed by atoms with Crippen LogP contribution in [0.1, 0.15) is 34.2 Å². The number of benzene rings is 2. The third kappa shape index (κ3) is 4.94. The number of nitrogens with zero attached hydrogens (tertiary/aromatic N) is 2. The van der Waals surface area contributed by atoms with Crippen LogP contribution in [0.5, 0.6) is 5.75 Å². The average Bonchev–Trinajstić information content (AvgIpc) is 3.07. The molecule has 0 radical (unpaired) electrons. The average molecular weight is 405 g/mol. The number of ether oxygens (including phenoxy) is 1. The van der Waals surface area contributed by atoms with E-state index in [1.54, 1.807) is 30.3 Å². The van der Waals surface area contributed by atoms with Gasteiger partial charge in [-0.2, -0.15) is 5.10 Å². The Hall–Kier alpha value is -3.87. The van der Waals surface area contributed by atoms with Gasteiger partial charge in [-0.3, -0.25) is 4.79 Å². The monoisotopic (exact) mass is 405 g/mol. The fraction of sp³-hybridized carbons (Fsp3) is 0.174. The van der Waals surface area contributed by atoms with Gasteiger partial charge in [-0.25, -0.2) is 10.2 Å². The van der Waals surface area contributed by atoms with Crippen molar-refractivity contribution >= 4 is 18.1 Å². The van der Waals surface area contributed by atoms with Crippen molar-refractivity contribution in [3.05, 3.63) is 83.2 Å². The molecule has 1 aromatic heterocycles. The molecule has 0 unspecified atom stereocenters. The summed E-state index contributed by atoms with van der Waals surface area (Å²) in [5.74, 6) is -0.904. The molecule has 2 N–H and O–H groups in total. The molecule has 0 aliphatic heterocycles. The zero-order valence-electron chi connectivity index (χ0n) is 17.0. The molecule has 3 rings (SSSR count). The summed E-state index contributed by atoms with van der Waals surface area (Å²) in [5, 5.41) is 12.9. The number of hydrogen-bond acceptors (Lipinski definition) is 4. The number of nitrogens with one attached hydrogen (secondary N) is 1. The molecular weight excluding hydrogens is 382 g/mol. The maximum Gasteiger partial charge on any atom is 0.344 e. The minimum Gasteiger partial charge on any atom is -0.479 e. The van der Waals surface area contributed by atoms with Gasteiger partial charge in [-0.15, -0.1) is 0 Å². The number of aryl methyl sites for hydroxylation is 2. The first kappa shape index (κ1) is 20.9. The SMILES string of the molecule is Cc1ccc(C)n1-c1cccc(C(=O)N/N=C\c2ccc(O[C@@H](C)C(=O)O)cc2)c1. The van der Waals surface area contributed by atoms with Crippen molar-refractivity contribution in [2.75, 3.05) is 0 Å². The van der Waals surface area contributed by atoms with E-state index in [0.717, 1.165) is 22.6 Å². The van der Waals surface area contributed by atoms with Crippen LogP contribution in [0.4, 0.5) is 0 Å². The molecule has 0 aliphatic rings. The number of aliphatic carboxylic acids is 1. The van der Waals surface area contributed by atoms with Crippen LogP contribution in [-0.2, 0) is 4.79 Å². The zero-order chi connectivity index (χ0) is 21.7. The second-order valence-electron chi connectivity index (χ2n) is 6.87. The van der Waals surface area contributed by atoms with Gasteiger partial charge in [-0.1, -0.05) is 6.07 Å². The van der Waals surface area contributed by atoms with Gasteiger partial charge in [0.2, 0.25) is 0 Å². The van der Waals surface area contributed by atoms with Crippen LogP contribution in [0.2, 0.25) is 0 Å². The van der Waals surface area contributed by atoms with Crippen molar-refractivity contribution in [3.63, 3.8) is 0 Å². The summed E-state index contributed by atoms with van der Waals surface area (Å²) in [6, 6.07) is 18.1. The lowest BCUT2D eigenvalue weighted by Gasteiger charge is -2.10. The Balaban J connectivity index is 1.64. The normalized spacial score (nSPS) is 12.0. The van der Waals surface area contributed by atoms with Crippen molar-refractivity contribution in [2.24, 2.45) is 5.10 Å². The van der Waals surface area contributed by atoms with Crippen LogP contribution < -0.4 is 10.2 Å². The van der Waals surface area contributed by atoms with Gasteiger partial charge in [-0.05, 0) is 80.9 Å². The number of hydrogen-bond donors (Lipinski definition) is 2. The van der Waals surface area contributed by atoms with Crippen LogP contribution in [-0.4, -0.2) is 33.9 Å². The highest BCUT2D eigenvalue weighted by Crippen LogP contribution is 2.17. The summed E-state index contributed by atoms with van der Waals surface area (Å²) in [6.45, 7) is 5.49. The maximum absolute atomic E-state index is 12.5. The first-order valence-electron chi connectivity index (χ1n) is 9.43. The Bertz CT molecular complexity index is 1060. The summed E-state index contributed by atoms with van der Waals surface area (Å²) in [7, 11) is 0. The third-order valence-electron chi connectivity index (χ3n) is 4.56. The lowest BCUT2D eigenvalue weighted by atomic mass is 10.2. The number of carboxylic acid groups (broad SMARTS) is 1. The summed E-state index contributed by atoms with van der Waals surface area (Å²) >= 11 is 0. The Morgan fingerprint density at radius 2 is 1.73 bits per heavy atom. The number of aromatic nitrogens is 1. The number of carboxylic acids is 1. The summed E-state index contributed by atoms with van der Waals surface area (Å²) in [5.41, 5.74) is 6.86. The number of rotatable bonds is 7. The Kier molecular flexibility index (Phi) is 6.32. The number of amides is 1. The molecule has 0 bridgehead atoms. The second-order valence-corrected chi connectivity index (χ2v) is 6.87. The standard InChI is InChI=1S/C23H23N3O4/c1-15-7-8-16(2)26(15)20-6-4-5-19(13-20)22(27)25-24-14-18-9-11-21(12-10-18)30-17(3)23(28)29/h4-14,17H,1-3H3,(H,25,27)(H,28,29)/b24-14-/t17-/m0/s1. The van der Waals surface area contributed by atoms with Crippen molar-refractivity contribution < 1.29 is 19.4 Å². The lowest BCUT2D eigenvalue weighted by molar-refractivity contribution is -0.144. The largest absolute Gasteiger partial charge is 0.479 e. The Morgan fingerprint density at radius 1 is 1.07 bits per heavy atom. The van der Waals surface area contributed by atoms with E-state index in [9.17, 15) is 9.59 Å². The quantitative estimate of drug-likeness (QED) is 0.463. The molecule has 2 aromatic carbocycles.